The van der Waals surface area contributed by atoms with Crippen molar-refractivity contribution in [1.82, 2.24) is 20.3 Å². The van der Waals surface area contributed by atoms with Crippen LogP contribution in [0.25, 0.3) is 11.0 Å². The molecule has 1 atom stereocenters. The fraction of sp³-hybridized carbons (Fsp3) is 0.188. The van der Waals surface area contributed by atoms with E-state index in [0.717, 1.165) is 22.2 Å². The predicted molar refractivity (Wildman–Crippen MR) is 82.4 cm³/mol. The van der Waals surface area contributed by atoms with Crippen LogP contribution >= 0.6 is 0 Å². The smallest absolute Gasteiger partial charge is 0.408 e. The molecule has 22 heavy (non-hydrogen) atoms. The van der Waals surface area contributed by atoms with Gasteiger partial charge >= 0.3 is 6.09 Å². The third kappa shape index (κ3) is 2.63. The first-order valence-electron chi connectivity index (χ1n) is 6.90. The fourth-order valence-corrected chi connectivity index (χ4v) is 2.37. The minimum atomic E-state index is -0.522. The highest BCUT2D eigenvalue weighted by atomic mass is 16.5. The number of rotatable bonds is 3. The van der Waals surface area contributed by atoms with E-state index in [1.165, 1.54) is 7.11 Å². The molecule has 1 amide bonds. The van der Waals surface area contributed by atoms with Gasteiger partial charge in [-0.3, -0.25) is 5.32 Å². The number of benzene rings is 2. The molecule has 1 heterocycles. The number of hydrogen-bond acceptors (Lipinski definition) is 4. The van der Waals surface area contributed by atoms with Crippen molar-refractivity contribution >= 4 is 17.1 Å². The molecule has 3 rings (SSSR count). The van der Waals surface area contributed by atoms with E-state index in [-0.39, 0.29) is 0 Å². The van der Waals surface area contributed by atoms with Gasteiger partial charge in [-0.15, -0.1) is 5.10 Å². The molecule has 0 radical (unpaired) electrons. The number of alkyl carbamates (subject to hydrolysis) is 1. The Morgan fingerprint density at radius 1 is 1.23 bits per heavy atom. The van der Waals surface area contributed by atoms with E-state index in [9.17, 15) is 4.79 Å². The molecule has 0 spiro atoms. The Kier molecular flexibility index (Phi) is 3.74. The zero-order chi connectivity index (χ0) is 15.5. The molecule has 112 valence electrons. The van der Waals surface area contributed by atoms with Crippen molar-refractivity contribution in [3.05, 3.63) is 59.7 Å². The Balaban J connectivity index is 2.10. The van der Waals surface area contributed by atoms with Gasteiger partial charge in [0.05, 0.1) is 12.6 Å². The lowest BCUT2D eigenvalue weighted by atomic mass is 10.1. The Hall–Kier alpha value is -2.89. The molecule has 0 saturated carbocycles. The molecular formula is C16H16N4O2. The van der Waals surface area contributed by atoms with Crippen LogP contribution in [0, 0.1) is 6.92 Å². The number of carbonyl (C=O) groups is 1. The summed E-state index contributed by atoms with van der Waals surface area (Å²) in [5.74, 6) is 0. The number of aromatic nitrogens is 3. The van der Waals surface area contributed by atoms with Gasteiger partial charge in [-0.25, -0.2) is 9.48 Å². The van der Waals surface area contributed by atoms with Gasteiger partial charge in [-0.05, 0) is 24.6 Å². The Labute approximate surface area is 127 Å². The van der Waals surface area contributed by atoms with E-state index in [1.54, 1.807) is 4.68 Å². The van der Waals surface area contributed by atoms with Gasteiger partial charge in [-0.1, -0.05) is 47.2 Å². The first-order valence-corrected chi connectivity index (χ1v) is 6.90. The molecule has 1 unspecified atom stereocenters. The highest BCUT2D eigenvalue weighted by molar-refractivity contribution is 5.75. The number of nitrogens with zero attached hydrogens (tertiary/aromatic N) is 3. The van der Waals surface area contributed by atoms with Crippen LogP contribution in [0.4, 0.5) is 4.79 Å². The topological polar surface area (TPSA) is 69.0 Å². The number of amides is 1. The minimum absolute atomic E-state index is 0.486. The van der Waals surface area contributed by atoms with E-state index < -0.39 is 12.3 Å². The SMILES string of the molecule is COC(=O)NC(c1cccc(C)c1)n1nnc2ccccc21. The van der Waals surface area contributed by atoms with E-state index in [0.29, 0.717) is 0 Å². The summed E-state index contributed by atoms with van der Waals surface area (Å²) in [7, 11) is 1.34. The first-order chi connectivity index (χ1) is 10.7. The van der Waals surface area contributed by atoms with Crippen molar-refractivity contribution in [3.8, 4) is 0 Å². The van der Waals surface area contributed by atoms with E-state index in [2.05, 4.69) is 15.6 Å². The molecule has 0 fully saturated rings. The molecule has 0 aliphatic rings. The molecule has 0 bridgehead atoms. The third-order valence-corrected chi connectivity index (χ3v) is 3.42. The number of carbonyl (C=O) groups excluding carboxylic acids is 1. The summed E-state index contributed by atoms with van der Waals surface area (Å²) in [5.41, 5.74) is 3.61. The fourth-order valence-electron chi connectivity index (χ4n) is 2.37. The zero-order valence-electron chi connectivity index (χ0n) is 12.4. The molecule has 6 heteroatoms. The number of ether oxygens (including phenoxy) is 1. The van der Waals surface area contributed by atoms with Crippen molar-refractivity contribution in [2.75, 3.05) is 7.11 Å². The summed E-state index contributed by atoms with van der Waals surface area (Å²) in [6.07, 6.45) is -1.01. The maximum Gasteiger partial charge on any atom is 0.408 e. The van der Waals surface area contributed by atoms with Crippen LogP contribution in [0.2, 0.25) is 0 Å². The number of methoxy groups -OCH3 is 1. The average Bonchev–Trinajstić information content (AvgIpc) is 2.96. The van der Waals surface area contributed by atoms with Crippen LogP contribution in [-0.4, -0.2) is 28.2 Å². The lowest BCUT2D eigenvalue weighted by molar-refractivity contribution is 0.163. The van der Waals surface area contributed by atoms with Crippen LogP contribution in [0.1, 0.15) is 17.3 Å². The molecule has 0 aliphatic heterocycles. The lowest BCUT2D eigenvalue weighted by Crippen LogP contribution is -2.33. The standard InChI is InChI=1S/C16H16N4O2/c1-11-6-5-7-12(10-11)15(17-16(21)22-2)20-14-9-4-3-8-13(14)18-19-20/h3-10,15H,1-2H3,(H,17,21). The summed E-state index contributed by atoms with van der Waals surface area (Å²) < 4.78 is 6.41. The predicted octanol–water partition coefficient (Wildman–Crippen LogP) is 2.64. The number of para-hydroxylation sites is 1. The van der Waals surface area contributed by atoms with Crippen LogP contribution in [0.5, 0.6) is 0 Å². The van der Waals surface area contributed by atoms with E-state index in [1.807, 2.05) is 55.5 Å². The van der Waals surface area contributed by atoms with Crippen LogP contribution in [-0.2, 0) is 4.74 Å². The summed E-state index contributed by atoms with van der Waals surface area (Å²) in [6.45, 7) is 2.00. The first kappa shape index (κ1) is 14.1. The van der Waals surface area contributed by atoms with Crippen molar-refractivity contribution in [2.45, 2.75) is 13.1 Å². The number of nitrogens with one attached hydrogen (secondary N) is 1. The highest BCUT2D eigenvalue weighted by Gasteiger charge is 2.20. The molecule has 0 saturated heterocycles. The van der Waals surface area contributed by atoms with Gasteiger partial charge < -0.3 is 4.74 Å². The molecular weight excluding hydrogens is 280 g/mol. The van der Waals surface area contributed by atoms with Crippen LogP contribution in [0.15, 0.2) is 48.5 Å². The summed E-state index contributed by atoms with van der Waals surface area (Å²) in [4.78, 5) is 11.7. The Bertz CT molecular complexity index is 813. The van der Waals surface area contributed by atoms with Crippen LogP contribution < -0.4 is 5.32 Å². The average molecular weight is 296 g/mol. The van der Waals surface area contributed by atoms with Gasteiger partial charge in [0.15, 0.2) is 6.17 Å². The maximum atomic E-state index is 11.7. The quantitative estimate of drug-likeness (QED) is 0.806. The Morgan fingerprint density at radius 3 is 2.82 bits per heavy atom. The zero-order valence-corrected chi connectivity index (χ0v) is 12.4. The monoisotopic (exact) mass is 296 g/mol. The van der Waals surface area contributed by atoms with Gasteiger partial charge in [0, 0.05) is 0 Å². The number of fused-ring (bicyclic) bond motifs is 1. The van der Waals surface area contributed by atoms with Crippen molar-refractivity contribution in [2.24, 2.45) is 0 Å². The van der Waals surface area contributed by atoms with E-state index in [4.69, 9.17) is 4.74 Å². The van der Waals surface area contributed by atoms with Crippen LogP contribution in [0.3, 0.4) is 0 Å². The summed E-state index contributed by atoms with van der Waals surface area (Å²) in [5, 5.41) is 11.1. The van der Waals surface area contributed by atoms with Gasteiger partial charge in [0.2, 0.25) is 0 Å². The molecule has 1 aromatic heterocycles. The third-order valence-electron chi connectivity index (χ3n) is 3.42. The normalized spacial score (nSPS) is 12.1. The number of hydrogen-bond donors (Lipinski definition) is 1. The largest absolute Gasteiger partial charge is 0.453 e. The summed E-state index contributed by atoms with van der Waals surface area (Å²) in [6, 6.07) is 15.5. The second kappa shape index (κ2) is 5.85. The molecule has 2 aromatic carbocycles. The van der Waals surface area contributed by atoms with Gasteiger partial charge in [0.1, 0.15) is 5.52 Å². The maximum absolute atomic E-state index is 11.7. The molecule has 0 aliphatic carbocycles. The lowest BCUT2D eigenvalue weighted by Gasteiger charge is -2.19. The van der Waals surface area contributed by atoms with Gasteiger partial charge in [-0.2, -0.15) is 0 Å². The highest BCUT2D eigenvalue weighted by Crippen LogP contribution is 2.21. The van der Waals surface area contributed by atoms with Gasteiger partial charge in [0.25, 0.3) is 0 Å². The van der Waals surface area contributed by atoms with Crippen molar-refractivity contribution in [1.29, 1.82) is 0 Å². The second-order valence-electron chi connectivity index (χ2n) is 4.98. The molecule has 6 nitrogen and oxygen atoms in total. The second-order valence-corrected chi connectivity index (χ2v) is 4.98. The Morgan fingerprint density at radius 2 is 2.05 bits per heavy atom. The number of aryl methyl sites for hydroxylation is 1. The van der Waals surface area contributed by atoms with Crippen molar-refractivity contribution in [3.63, 3.8) is 0 Å². The minimum Gasteiger partial charge on any atom is -0.453 e. The molecule has 3 aromatic rings. The molecule has 1 N–H and O–H groups in total. The summed E-state index contributed by atoms with van der Waals surface area (Å²) >= 11 is 0. The van der Waals surface area contributed by atoms with E-state index >= 15 is 0 Å². The van der Waals surface area contributed by atoms with Crippen molar-refractivity contribution < 1.29 is 9.53 Å².